The molecule has 0 saturated carbocycles. The van der Waals surface area contributed by atoms with Gasteiger partial charge in [-0.3, -0.25) is 4.79 Å². The average molecular weight is 412 g/mol. The Hall–Kier alpha value is -3.03. The molecule has 3 aromatic carbocycles. The zero-order chi connectivity index (χ0) is 20.9. The van der Waals surface area contributed by atoms with Crippen LogP contribution in [0.1, 0.15) is 11.1 Å². The second-order valence-corrected chi connectivity index (χ2v) is 8.57. The van der Waals surface area contributed by atoms with Gasteiger partial charge in [-0.1, -0.05) is 42.5 Å². The molecular formula is C22H21FN2O3S. The summed E-state index contributed by atoms with van der Waals surface area (Å²) < 4.78 is 40.5. The number of carbonyl (C=O) groups is 1. The van der Waals surface area contributed by atoms with Gasteiger partial charge in [-0.15, -0.1) is 0 Å². The summed E-state index contributed by atoms with van der Waals surface area (Å²) in [5.41, 5.74) is 2.14. The quantitative estimate of drug-likeness (QED) is 0.639. The van der Waals surface area contributed by atoms with Crippen molar-refractivity contribution in [3.8, 4) is 0 Å². The number of nitrogens with one attached hydrogen (secondary N) is 1. The molecule has 7 heteroatoms. The van der Waals surface area contributed by atoms with Crippen LogP contribution >= 0.6 is 0 Å². The molecule has 0 heterocycles. The molecule has 0 aliphatic heterocycles. The predicted molar refractivity (Wildman–Crippen MR) is 110 cm³/mol. The lowest BCUT2D eigenvalue weighted by molar-refractivity contribution is -0.116. The average Bonchev–Trinajstić information content (AvgIpc) is 2.70. The molecule has 0 aromatic heterocycles. The second kappa shape index (κ2) is 8.98. The minimum Gasteiger partial charge on any atom is -0.325 e. The molecule has 0 saturated heterocycles. The Bertz CT molecular complexity index is 1080. The summed E-state index contributed by atoms with van der Waals surface area (Å²) in [7, 11) is -3.93. The van der Waals surface area contributed by atoms with Crippen molar-refractivity contribution in [1.29, 1.82) is 0 Å². The Morgan fingerprint density at radius 3 is 2.31 bits per heavy atom. The number of rotatable bonds is 7. The van der Waals surface area contributed by atoms with Gasteiger partial charge in [0, 0.05) is 12.2 Å². The number of halogens is 1. The van der Waals surface area contributed by atoms with E-state index >= 15 is 0 Å². The zero-order valence-corrected chi connectivity index (χ0v) is 16.7. The lowest BCUT2D eigenvalue weighted by atomic mass is 10.2. The van der Waals surface area contributed by atoms with E-state index in [2.05, 4.69) is 5.32 Å². The fourth-order valence-corrected chi connectivity index (χ4v) is 4.25. The van der Waals surface area contributed by atoms with Crippen LogP contribution in [0.3, 0.4) is 0 Å². The molecule has 0 spiro atoms. The van der Waals surface area contributed by atoms with Crippen molar-refractivity contribution in [1.82, 2.24) is 4.31 Å². The summed E-state index contributed by atoms with van der Waals surface area (Å²) in [6.45, 7) is 1.47. The Labute approximate surface area is 169 Å². The molecular weight excluding hydrogens is 391 g/mol. The van der Waals surface area contributed by atoms with Crippen molar-refractivity contribution >= 4 is 21.6 Å². The number of carbonyl (C=O) groups excluding carboxylic acids is 1. The van der Waals surface area contributed by atoms with Gasteiger partial charge in [-0.25, -0.2) is 12.8 Å². The van der Waals surface area contributed by atoms with Crippen molar-refractivity contribution in [3.05, 3.63) is 95.8 Å². The molecule has 0 atom stereocenters. The normalized spacial score (nSPS) is 11.4. The highest BCUT2D eigenvalue weighted by atomic mass is 32.2. The van der Waals surface area contributed by atoms with Crippen LogP contribution in [-0.2, 0) is 21.4 Å². The van der Waals surface area contributed by atoms with Crippen LogP contribution in [-0.4, -0.2) is 25.2 Å². The van der Waals surface area contributed by atoms with E-state index in [1.54, 1.807) is 30.3 Å². The summed E-state index contributed by atoms with van der Waals surface area (Å²) in [5, 5.41) is 2.73. The lowest BCUT2D eigenvalue weighted by Crippen LogP contribution is -2.37. The standard InChI is InChI=1S/C22H21FN2O3S/c1-17-6-5-7-20(14-17)24-22(26)16-25(15-18-10-12-19(23)13-11-18)29(27,28)21-8-3-2-4-9-21/h2-14H,15-16H2,1H3,(H,24,26). The fraction of sp³-hybridized carbons (Fsp3) is 0.136. The first-order chi connectivity index (χ1) is 13.8. The first-order valence-electron chi connectivity index (χ1n) is 9.01. The Morgan fingerprint density at radius 1 is 0.966 bits per heavy atom. The number of hydrogen-bond acceptors (Lipinski definition) is 3. The van der Waals surface area contributed by atoms with Gasteiger partial charge >= 0.3 is 0 Å². The highest BCUT2D eigenvalue weighted by molar-refractivity contribution is 7.89. The molecule has 0 aliphatic carbocycles. The molecule has 0 fully saturated rings. The van der Waals surface area contributed by atoms with E-state index in [-0.39, 0.29) is 18.0 Å². The maximum Gasteiger partial charge on any atom is 0.243 e. The smallest absolute Gasteiger partial charge is 0.243 e. The van der Waals surface area contributed by atoms with E-state index < -0.39 is 21.7 Å². The summed E-state index contributed by atoms with van der Waals surface area (Å²) in [4.78, 5) is 12.7. The molecule has 3 aromatic rings. The summed E-state index contributed by atoms with van der Waals surface area (Å²) in [5.74, 6) is -0.874. The minimum atomic E-state index is -3.93. The molecule has 1 amide bonds. The number of hydrogen-bond donors (Lipinski definition) is 1. The monoisotopic (exact) mass is 412 g/mol. The van der Waals surface area contributed by atoms with Crippen molar-refractivity contribution in [2.75, 3.05) is 11.9 Å². The Balaban J connectivity index is 1.85. The van der Waals surface area contributed by atoms with Crippen LogP contribution < -0.4 is 5.32 Å². The van der Waals surface area contributed by atoms with Gasteiger partial charge in [0.15, 0.2) is 0 Å². The predicted octanol–water partition coefficient (Wildman–Crippen LogP) is 3.96. The number of nitrogens with zero attached hydrogens (tertiary/aromatic N) is 1. The van der Waals surface area contributed by atoms with Gasteiger partial charge in [0.25, 0.3) is 0 Å². The highest BCUT2D eigenvalue weighted by Gasteiger charge is 2.26. The molecule has 29 heavy (non-hydrogen) atoms. The van der Waals surface area contributed by atoms with E-state index in [0.717, 1.165) is 9.87 Å². The molecule has 1 N–H and O–H groups in total. The van der Waals surface area contributed by atoms with Crippen LogP contribution in [0.15, 0.2) is 83.8 Å². The van der Waals surface area contributed by atoms with E-state index in [0.29, 0.717) is 11.3 Å². The summed E-state index contributed by atoms with van der Waals surface area (Å²) in [6.07, 6.45) is 0. The maximum atomic E-state index is 13.2. The number of amides is 1. The first kappa shape index (κ1) is 20.7. The third-order valence-electron chi connectivity index (χ3n) is 4.27. The number of sulfonamides is 1. The first-order valence-corrected chi connectivity index (χ1v) is 10.4. The van der Waals surface area contributed by atoms with Crippen molar-refractivity contribution in [2.45, 2.75) is 18.4 Å². The molecule has 0 unspecified atom stereocenters. The molecule has 150 valence electrons. The topological polar surface area (TPSA) is 66.5 Å². The van der Waals surface area contributed by atoms with E-state index in [1.807, 2.05) is 19.1 Å². The van der Waals surface area contributed by atoms with Crippen LogP contribution in [0.5, 0.6) is 0 Å². The van der Waals surface area contributed by atoms with Gasteiger partial charge in [0.1, 0.15) is 5.82 Å². The second-order valence-electron chi connectivity index (χ2n) is 6.63. The highest BCUT2D eigenvalue weighted by Crippen LogP contribution is 2.19. The number of benzene rings is 3. The minimum absolute atomic E-state index is 0.0568. The SMILES string of the molecule is Cc1cccc(NC(=O)CN(Cc2ccc(F)cc2)S(=O)(=O)c2ccccc2)c1. The number of anilines is 1. The maximum absolute atomic E-state index is 13.2. The van der Waals surface area contributed by atoms with Crippen LogP contribution in [0.25, 0.3) is 0 Å². The van der Waals surface area contributed by atoms with E-state index in [4.69, 9.17) is 0 Å². The van der Waals surface area contributed by atoms with Gasteiger partial charge in [0.2, 0.25) is 15.9 Å². The van der Waals surface area contributed by atoms with E-state index in [9.17, 15) is 17.6 Å². The Morgan fingerprint density at radius 2 is 1.66 bits per heavy atom. The van der Waals surface area contributed by atoms with Crippen molar-refractivity contribution < 1.29 is 17.6 Å². The van der Waals surface area contributed by atoms with Gasteiger partial charge < -0.3 is 5.32 Å². The summed E-state index contributed by atoms with van der Waals surface area (Å²) >= 11 is 0. The van der Waals surface area contributed by atoms with E-state index in [1.165, 1.54) is 36.4 Å². The zero-order valence-electron chi connectivity index (χ0n) is 15.9. The van der Waals surface area contributed by atoms with Crippen LogP contribution in [0.2, 0.25) is 0 Å². The largest absolute Gasteiger partial charge is 0.325 e. The molecule has 3 rings (SSSR count). The lowest BCUT2D eigenvalue weighted by Gasteiger charge is -2.22. The van der Waals surface area contributed by atoms with Crippen molar-refractivity contribution in [3.63, 3.8) is 0 Å². The Kier molecular flexibility index (Phi) is 6.41. The molecule has 0 aliphatic rings. The summed E-state index contributed by atoms with van der Waals surface area (Å²) in [6, 6.07) is 20.7. The van der Waals surface area contributed by atoms with Gasteiger partial charge in [0.05, 0.1) is 11.4 Å². The third kappa shape index (κ3) is 5.49. The van der Waals surface area contributed by atoms with Crippen LogP contribution in [0.4, 0.5) is 10.1 Å². The third-order valence-corrected chi connectivity index (χ3v) is 6.08. The fourth-order valence-electron chi connectivity index (χ4n) is 2.84. The molecule has 0 radical (unpaired) electrons. The van der Waals surface area contributed by atoms with Crippen LogP contribution in [0, 0.1) is 12.7 Å². The molecule has 0 bridgehead atoms. The molecule has 5 nitrogen and oxygen atoms in total. The van der Waals surface area contributed by atoms with Gasteiger partial charge in [-0.05, 0) is 54.4 Å². The van der Waals surface area contributed by atoms with Crippen molar-refractivity contribution in [2.24, 2.45) is 0 Å². The van der Waals surface area contributed by atoms with Gasteiger partial charge in [-0.2, -0.15) is 4.31 Å². The number of aryl methyl sites for hydroxylation is 1.